The molecule has 7 heteroatoms. The number of hydrogen-bond acceptors (Lipinski definition) is 4. The minimum Gasteiger partial charge on any atom is -0.336 e. The quantitative estimate of drug-likeness (QED) is 0.626. The number of rotatable bonds is 1. The Morgan fingerprint density at radius 2 is 2.00 bits per heavy atom. The molecule has 0 spiro atoms. The summed E-state index contributed by atoms with van der Waals surface area (Å²) in [7, 11) is 0. The molecule has 3 heterocycles. The Hall–Kier alpha value is -2.28. The zero-order chi connectivity index (χ0) is 13.7. The molecule has 0 fully saturated rings. The molecule has 1 unspecified atom stereocenters. The van der Waals surface area contributed by atoms with Gasteiger partial charge >= 0.3 is 5.69 Å². The highest BCUT2D eigenvalue weighted by Gasteiger charge is 2.27. The van der Waals surface area contributed by atoms with Crippen LogP contribution in [-0.2, 0) is 0 Å². The minimum absolute atomic E-state index is 0.117. The molecule has 2 aromatic heterocycles. The number of aromatic nitrogens is 4. The Balaban J connectivity index is 1.90. The van der Waals surface area contributed by atoms with Crippen LogP contribution in [0.3, 0.4) is 0 Å². The predicted molar refractivity (Wildman–Crippen MR) is 76.3 cm³/mol. The fourth-order valence-corrected chi connectivity index (χ4v) is 3.74. The topological polar surface area (TPSA) is 94.4 Å². The van der Waals surface area contributed by atoms with Crippen LogP contribution < -0.4 is 11.2 Å². The van der Waals surface area contributed by atoms with Gasteiger partial charge in [0.1, 0.15) is 11.3 Å². The number of nitrogens with one attached hydrogen (secondary N) is 3. The van der Waals surface area contributed by atoms with Gasteiger partial charge in [-0.15, -0.1) is 11.8 Å². The van der Waals surface area contributed by atoms with E-state index in [0.29, 0.717) is 17.0 Å². The summed E-state index contributed by atoms with van der Waals surface area (Å²) in [6, 6.07) is 8.15. The summed E-state index contributed by atoms with van der Waals surface area (Å²) >= 11 is 1.77. The smallest absolute Gasteiger partial charge is 0.327 e. The monoisotopic (exact) mass is 286 g/mol. The van der Waals surface area contributed by atoms with E-state index in [2.05, 4.69) is 32.1 Å². The lowest BCUT2D eigenvalue weighted by Gasteiger charge is -2.06. The second-order valence-corrected chi connectivity index (χ2v) is 5.72. The van der Waals surface area contributed by atoms with Crippen molar-refractivity contribution in [2.45, 2.75) is 10.8 Å². The fourth-order valence-electron chi connectivity index (χ4n) is 2.50. The molecule has 3 N–H and O–H groups in total. The zero-order valence-corrected chi connectivity index (χ0v) is 11.1. The maximum absolute atomic E-state index is 11.7. The molecule has 0 amide bonds. The highest BCUT2D eigenvalue weighted by atomic mass is 32.2. The molecular formula is C13H10N4O2S. The molecule has 1 atom stereocenters. The van der Waals surface area contributed by atoms with Crippen LogP contribution in [-0.4, -0.2) is 25.7 Å². The van der Waals surface area contributed by atoms with Crippen LogP contribution in [0.1, 0.15) is 17.3 Å². The van der Waals surface area contributed by atoms with E-state index in [1.54, 1.807) is 11.8 Å². The van der Waals surface area contributed by atoms with Gasteiger partial charge in [-0.05, 0) is 11.6 Å². The lowest BCUT2D eigenvalue weighted by Crippen LogP contribution is -2.21. The SMILES string of the molecule is O=c1[nH]c(=O)c2[nH]c(C3CSc4ccccc43)nc2[nH]1. The first-order valence-corrected chi connectivity index (χ1v) is 7.15. The Morgan fingerprint density at radius 1 is 1.15 bits per heavy atom. The average Bonchev–Trinajstić information content (AvgIpc) is 3.01. The lowest BCUT2D eigenvalue weighted by molar-refractivity contribution is 0.857. The first-order chi connectivity index (χ1) is 9.72. The molecule has 6 nitrogen and oxygen atoms in total. The summed E-state index contributed by atoms with van der Waals surface area (Å²) in [5.41, 5.74) is 0.843. The molecule has 4 rings (SSSR count). The summed E-state index contributed by atoms with van der Waals surface area (Å²) in [6.45, 7) is 0. The summed E-state index contributed by atoms with van der Waals surface area (Å²) in [5.74, 6) is 1.71. The number of nitrogens with zero attached hydrogens (tertiary/aromatic N) is 1. The van der Waals surface area contributed by atoms with E-state index >= 15 is 0 Å². The number of H-pyrrole nitrogens is 3. The van der Waals surface area contributed by atoms with Crippen LogP contribution >= 0.6 is 11.8 Å². The highest BCUT2D eigenvalue weighted by Crippen LogP contribution is 2.41. The van der Waals surface area contributed by atoms with Crippen LogP contribution in [0.15, 0.2) is 38.8 Å². The third-order valence-corrected chi connectivity index (χ3v) is 4.62. The summed E-state index contributed by atoms with van der Waals surface area (Å²) in [5, 5.41) is 0. The number of aromatic amines is 3. The van der Waals surface area contributed by atoms with Crippen LogP contribution in [0.25, 0.3) is 11.2 Å². The van der Waals surface area contributed by atoms with Gasteiger partial charge in [0.05, 0.1) is 5.92 Å². The maximum atomic E-state index is 11.7. The van der Waals surface area contributed by atoms with Crippen molar-refractivity contribution >= 4 is 22.9 Å². The second-order valence-electron chi connectivity index (χ2n) is 4.66. The summed E-state index contributed by atoms with van der Waals surface area (Å²) in [4.78, 5) is 36.4. The van der Waals surface area contributed by atoms with Crippen molar-refractivity contribution in [3.8, 4) is 0 Å². The number of hydrogen-bond donors (Lipinski definition) is 3. The zero-order valence-electron chi connectivity index (χ0n) is 10.3. The van der Waals surface area contributed by atoms with Gasteiger partial charge in [0.2, 0.25) is 0 Å². The van der Waals surface area contributed by atoms with Gasteiger partial charge in [-0.2, -0.15) is 0 Å². The van der Waals surface area contributed by atoms with Gasteiger partial charge in [-0.1, -0.05) is 18.2 Å². The van der Waals surface area contributed by atoms with Gasteiger partial charge < -0.3 is 4.98 Å². The highest BCUT2D eigenvalue weighted by molar-refractivity contribution is 7.99. The number of imidazole rings is 1. The first-order valence-electron chi connectivity index (χ1n) is 6.16. The van der Waals surface area contributed by atoms with Crippen LogP contribution in [0, 0.1) is 0 Å². The third-order valence-electron chi connectivity index (χ3n) is 3.44. The largest absolute Gasteiger partial charge is 0.336 e. The molecule has 0 radical (unpaired) electrons. The normalized spacial score (nSPS) is 17.5. The van der Waals surface area contributed by atoms with E-state index in [0.717, 1.165) is 5.75 Å². The van der Waals surface area contributed by atoms with Gasteiger partial charge in [0.15, 0.2) is 5.65 Å². The number of fused-ring (bicyclic) bond motifs is 2. The van der Waals surface area contributed by atoms with E-state index in [1.807, 2.05) is 12.1 Å². The lowest BCUT2D eigenvalue weighted by atomic mass is 10.0. The molecule has 3 aromatic rings. The van der Waals surface area contributed by atoms with Crippen molar-refractivity contribution < 1.29 is 0 Å². The molecular weight excluding hydrogens is 276 g/mol. The fraction of sp³-hybridized carbons (Fsp3) is 0.154. The Labute approximate surface area is 116 Å². The first kappa shape index (κ1) is 11.5. The molecule has 1 aromatic carbocycles. The maximum Gasteiger partial charge on any atom is 0.327 e. The molecule has 0 saturated carbocycles. The number of thioether (sulfide) groups is 1. The van der Waals surface area contributed by atoms with E-state index in [1.165, 1.54) is 10.5 Å². The van der Waals surface area contributed by atoms with Gasteiger partial charge in [-0.3, -0.25) is 14.8 Å². The molecule has 20 heavy (non-hydrogen) atoms. The van der Waals surface area contributed by atoms with E-state index in [9.17, 15) is 9.59 Å². The standard InChI is InChI=1S/C13H10N4O2S/c18-12-9-11(16-13(19)17-12)15-10(14-9)7-5-20-8-4-2-1-3-6(7)8/h1-4,7H,5H2,(H3,14,15,16,17,18,19). The van der Waals surface area contributed by atoms with Crippen molar-refractivity contribution in [1.29, 1.82) is 0 Å². The van der Waals surface area contributed by atoms with Gasteiger partial charge in [0, 0.05) is 10.6 Å². The summed E-state index contributed by atoms with van der Waals surface area (Å²) in [6.07, 6.45) is 0. The minimum atomic E-state index is -0.540. The van der Waals surface area contributed by atoms with Gasteiger partial charge in [-0.25, -0.2) is 9.78 Å². The predicted octanol–water partition coefficient (Wildman–Crippen LogP) is 1.18. The molecule has 0 aliphatic carbocycles. The van der Waals surface area contributed by atoms with E-state index < -0.39 is 11.2 Å². The van der Waals surface area contributed by atoms with Crippen LogP contribution in [0.5, 0.6) is 0 Å². The third kappa shape index (κ3) is 1.63. The number of benzene rings is 1. The van der Waals surface area contributed by atoms with Crippen molar-refractivity contribution in [2.75, 3.05) is 5.75 Å². The molecule has 0 bridgehead atoms. The summed E-state index contributed by atoms with van der Waals surface area (Å²) < 4.78 is 0. The van der Waals surface area contributed by atoms with E-state index in [4.69, 9.17) is 0 Å². The van der Waals surface area contributed by atoms with Crippen molar-refractivity contribution in [2.24, 2.45) is 0 Å². The average molecular weight is 286 g/mol. The Kier molecular flexibility index (Phi) is 2.37. The Morgan fingerprint density at radius 3 is 2.90 bits per heavy atom. The molecule has 1 aliphatic heterocycles. The van der Waals surface area contributed by atoms with Crippen molar-refractivity contribution in [1.82, 2.24) is 19.9 Å². The van der Waals surface area contributed by atoms with Crippen LogP contribution in [0.4, 0.5) is 0 Å². The van der Waals surface area contributed by atoms with Gasteiger partial charge in [0.25, 0.3) is 5.56 Å². The second kappa shape index (κ2) is 4.11. The van der Waals surface area contributed by atoms with Crippen LogP contribution in [0.2, 0.25) is 0 Å². The van der Waals surface area contributed by atoms with E-state index in [-0.39, 0.29) is 5.92 Å². The van der Waals surface area contributed by atoms with Crippen molar-refractivity contribution in [3.63, 3.8) is 0 Å². The Bertz CT molecular complexity index is 924. The molecule has 100 valence electrons. The molecule has 1 aliphatic rings. The molecule has 0 saturated heterocycles. The van der Waals surface area contributed by atoms with Crippen molar-refractivity contribution in [3.05, 3.63) is 56.5 Å².